The minimum atomic E-state index is -0.589. The van der Waals surface area contributed by atoms with Crippen LogP contribution in [0.3, 0.4) is 0 Å². The van der Waals surface area contributed by atoms with E-state index in [0.717, 1.165) is 11.8 Å². The fourth-order valence-corrected chi connectivity index (χ4v) is 2.48. The van der Waals surface area contributed by atoms with Crippen LogP contribution in [-0.4, -0.2) is 37.3 Å². The summed E-state index contributed by atoms with van der Waals surface area (Å²) in [5.41, 5.74) is 0.176. The maximum Gasteiger partial charge on any atom is 0.339 e. The molecule has 0 fully saturated rings. The lowest BCUT2D eigenvalue weighted by atomic mass is 10.2. The SMILES string of the molecule is COC(=O)c1cc(Cl)cc(Cl)c1SC(=O)N(C)C. The molecule has 4 nitrogen and oxygen atoms in total. The molecule has 0 bridgehead atoms. The average molecular weight is 308 g/mol. The fraction of sp³-hybridized carbons (Fsp3) is 0.273. The van der Waals surface area contributed by atoms with Crippen LogP contribution in [0.15, 0.2) is 17.0 Å². The van der Waals surface area contributed by atoms with Gasteiger partial charge in [-0.2, -0.15) is 0 Å². The highest BCUT2D eigenvalue weighted by molar-refractivity contribution is 8.13. The van der Waals surface area contributed by atoms with Gasteiger partial charge in [0.1, 0.15) is 0 Å². The van der Waals surface area contributed by atoms with Crippen LogP contribution in [0.25, 0.3) is 0 Å². The van der Waals surface area contributed by atoms with Crippen LogP contribution in [0, 0.1) is 0 Å². The summed E-state index contributed by atoms with van der Waals surface area (Å²) >= 11 is 12.7. The first-order chi connectivity index (χ1) is 8.36. The molecule has 0 aliphatic rings. The zero-order valence-electron chi connectivity index (χ0n) is 9.99. The Balaban J connectivity index is 3.24. The van der Waals surface area contributed by atoms with Gasteiger partial charge in [0, 0.05) is 19.1 Å². The minimum absolute atomic E-state index is 0.176. The highest BCUT2D eigenvalue weighted by atomic mass is 35.5. The van der Waals surface area contributed by atoms with E-state index in [4.69, 9.17) is 23.2 Å². The monoisotopic (exact) mass is 307 g/mol. The standard InChI is InChI=1S/C11H11Cl2NO3S/c1-14(2)11(16)18-9-7(10(15)17-3)4-6(12)5-8(9)13/h4-5H,1-3H3. The van der Waals surface area contributed by atoms with Crippen molar-refractivity contribution in [1.82, 2.24) is 4.90 Å². The van der Waals surface area contributed by atoms with E-state index in [1.165, 1.54) is 24.1 Å². The van der Waals surface area contributed by atoms with Crippen molar-refractivity contribution in [2.24, 2.45) is 0 Å². The van der Waals surface area contributed by atoms with Crippen molar-refractivity contribution in [2.45, 2.75) is 4.90 Å². The van der Waals surface area contributed by atoms with Gasteiger partial charge in [0.2, 0.25) is 0 Å². The second-order valence-electron chi connectivity index (χ2n) is 3.52. The van der Waals surface area contributed by atoms with Gasteiger partial charge in [0.15, 0.2) is 0 Å². The molecule has 0 aliphatic carbocycles. The lowest BCUT2D eigenvalue weighted by Gasteiger charge is -2.13. The Morgan fingerprint density at radius 1 is 1.28 bits per heavy atom. The molecule has 1 rings (SSSR count). The number of rotatable bonds is 2. The van der Waals surface area contributed by atoms with Gasteiger partial charge in [-0.3, -0.25) is 4.79 Å². The predicted octanol–water partition coefficient (Wildman–Crippen LogP) is 3.55. The van der Waals surface area contributed by atoms with Gasteiger partial charge in [-0.15, -0.1) is 0 Å². The van der Waals surface area contributed by atoms with Crippen LogP contribution in [0.1, 0.15) is 10.4 Å². The van der Waals surface area contributed by atoms with Crippen LogP contribution in [0.4, 0.5) is 4.79 Å². The first-order valence-corrected chi connectivity index (χ1v) is 6.40. The Hall–Kier alpha value is -0.910. The van der Waals surface area contributed by atoms with E-state index in [-0.39, 0.29) is 15.8 Å². The van der Waals surface area contributed by atoms with Crippen LogP contribution in [0.2, 0.25) is 10.0 Å². The van der Waals surface area contributed by atoms with Gasteiger partial charge in [0.05, 0.1) is 22.6 Å². The molecule has 7 heteroatoms. The van der Waals surface area contributed by atoms with E-state index in [2.05, 4.69) is 4.74 Å². The van der Waals surface area contributed by atoms with Crippen molar-refractivity contribution < 1.29 is 14.3 Å². The third-order valence-electron chi connectivity index (χ3n) is 1.97. The van der Waals surface area contributed by atoms with Gasteiger partial charge < -0.3 is 9.64 Å². The second-order valence-corrected chi connectivity index (χ2v) is 5.32. The van der Waals surface area contributed by atoms with Crippen LogP contribution in [-0.2, 0) is 4.74 Å². The highest BCUT2D eigenvalue weighted by Crippen LogP contribution is 2.35. The Morgan fingerprint density at radius 2 is 1.89 bits per heavy atom. The number of hydrogen-bond acceptors (Lipinski definition) is 4. The van der Waals surface area contributed by atoms with Gasteiger partial charge >= 0.3 is 5.97 Å². The molecule has 0 aromatic heterocycles. The molecule has 1 aromatic rings. The Kier molecular flexibility index (Phi) is 5.31. The van der Waals surface area contributed by atoms with E-state index < -0.39 is 5.97 Å². The van der Waals surface area contributed by atoms with Crippen molar-refractivity contribution in [2.75, 3.05) is 21.2 Å². The third-order valence-corrected chi connectivity index (χ3v) is 3.78. The summed E-state index contributed by atoms with van der Waals surface area (Å²) in [5.74, 6) is -0.589. The van der Waals surface area contributed by atoms with Crippen molar-refractivity contribution >= 4 is 46.2 Å². The summed E-state index contributed by atoms with van der Waals surface area (Å²) in [6.07, 6.45) is 0. The van der Waals surface area contributed by atoms with Crippen LogP contribution in [0.5, 0.6) is 0 Å². The van der Waals surface area contributed by atoms with Crippen LogP contribution >= 0.6 is 35.0 Å². The van der Waals surface area contributed by atoms with Gasteiger partial charge in [-0.25, -0.2) is 4.79 Å². The lowest BCUT2D eigenvalue weighted by molar-refractivity contribution is 0.0597. The average Bonchev–Trinajstić information content (AvgIpc) is 2.30. The molecule has 1 aromatic carbocycles. The smallest absolute Gasteiger partial charge is 0.339 e. The summed E-state index contributed by atoms with van der Waals surface area (Å²) in [6.45, 7) is 0. The van der Waals surface area contributed by atoms with Gasteiger partial charge in [-0.1, -0.05) is 23.2 Å². The normalized spacial score (nSPS) is 10.1. The summed E-state index contributed by atoms with van der Waals surface area (Å²) in [6, 6.07) is 2.89. The number of methoxy groups -OCH3 is 1. The highest BCUT2D eigenvalue weighted by Gasteiger charge is 2.20. The van der Waals surface area contributed by atoms with Gasteiger partial charge in [-0.05, 0) is 23.9 Å². The molecular formula is C11H11Cl2NO3S. The molecule has 0 saturated heterocycles. The number of halogens is 2. The fourth-order valence-electron chi connectivity index (χ4n) is 1.10. The van der Waals surface area contributed by atoms with E-state index in [1.807, 2.05) is 0 Å². The lowest BCUT2D eigenvalue weighted by Crippen LogP contribution is -2.17. The first kappa shape index (κ1) is 15.1. The molecule has 1 amide bonds. The summed E-state index contributed by atoms with van der Waals surface area (Å²) in [5, 5.41) is 0.300. The first-order valence-electron chi connectivity index (χ1n) is 4.83. The molecule has 18 heavy (non-hydrogen) atoms. The number of hydrogen-bond donors (Lipinski definition) is 0. The van der Waals surface area contributed by atoms with E-state index in [9.17, 15) is 9.59 Å². The number of ether oxygens (including phenoxy) is 1. The molecule has 0 saturated carbocycles. The number of benzene rings is 1. The molecule has 0 N–H and O–H groups in total. The number of carbonyl (C=O) groups excluding carboxylic acids is 2. The second kappa shape index (κ2) is 6.31. The molecule has 0 radical (unpaired) electrons. The Morgan fingerprint density at radius 3 is 2.39 bits per heavy atom. The molecule has 0 unspecified atom stereocenters. The van der Waals surface area contributed by atoms with E-state index >= 15 is 0 Å². The topological polar surface area (TPSA) is 46.6 Å². The van der Waals surface area contributed by atoms with Gasteiger partial charge in [0.25, 0.3) is 5.24 Å². The summed E-state index contributed by atoms with van der Waals surface area (Å²) in [4.78, 5) is 25.0. The molecule has 0 atom stereocenters. The van der Waals surface area contributed by atoms with Crippen molar-refractivity contribution in [3.05, 3.63) is 27.7 Å². The zero-order valence-corrected chi connectivity index (χ0v) is 12.3. The van der Waals surface area contributed by atoms with Crippen molar-refractivity contribution in [1.29, 1.82) is 0 Å². The third kappa shape index (κ3) is 3.54. The summed E-state index contributed by atoms with van der Waals surface area (Å²) in [7, 11) is 4.47. The van der Waals surface area contributed by atoms with Crippen LogP contribution < -0.4 is 0 Å². The predicted molar refractivity (Wildman–Crippen MR) is 72.7 cm³/mol. The number of nitrogens with zero attached hydrogens (tertiary/aromatic N) is 1. The number of carbonyl (C=O) groups is 2. The number of amides is 1. The quantitative estimate of drug-likeness (QED) is 0.619. The zero-order chi connectivity index (χ0) is 13.9. The van der Waals surface area contributed by atoms with E-state index in [1.54, 1.807) is 14.1 Å². The number of thioether (sulfide) groups is 1. The molecule has 0 spiro atoms. The van der Waals surface area contributed by atoms with Crippen molar-refractivity contribution in [3.63, 3.8) is 0 Å². The molecule has 0 heterocycles. The maximum absolute atomic E-state index is 11.7. The molecule has 0 aliphatic heterocycles. The Bertz CT molecular complexity index is 491. The Labute approximate surface area is 119 Å². The largest absolute Gasteiger partial charge is 0.465 e. The van der Waals surface area contributed by atoms with Crippen molar-refractivity contribution in [3.8, 4) is 0 Å². The van der Waals surface area contributed by atoms with E-state index in [0.29, 0.717) is 9.92 Å². The molecule has 98 valence electrons. The summed E-state index contributed by atoms with van der Waals surface area (Å²) < 4.78 is 4.63. The number of esters is 1. The molecular weight excluding hydrogens is 297 g/mol. The minimum Gasteiger partial charge on any atom is -0.465 e. The maximum atomic E-state index is 11.7.